The first-order valence-electron chi connectivity index (χ1n) is 4.56. The molecule has 0 fully saturated rings. The maximum Gasteiger partial charge on any atom is 0.0381 e. The Morgan fingerprint density at radius 3 is 1.45 bits per heavy atom. The van der Waals surface area contributed by atoms with E-state index in [9.17, 15) is 0 Å². The second kappa shape index (κ2) is 3.58. The predicted octanol–water partition coefficient (Wildman–Crippen LogP) is 3.33. The van der Waals surface area contributed by atoms with E-state index in [1.165, 1.54) is 6.04 Å². The third-order valence-electron chi connectivity index (χ3n) is 3.83. The first-order chi connectivity index (χ1) is 4.75. The average molecular weight is 204 g/mol. The maximum absolute atomic E-state index is 2.62. The summed E-state index contributed by atoms with van der Waals surface area (Å²) >= 11 is 0. The topological polar surface area (TPSA) is 0 Å². The molecule has 0 saturated carbocycles. The highest BCUT2D eigenvalue weighted by Crippen LogP contribution is 2.24. The van der Waals surface area contributed by atoms with E-state index in [-0.39, 0.29) is 8.31 Å². The van der Waals surface area contributed by atoms with Crippen LogP contribution < -0.4 is 0 Å². The Morgan fingerprint density at radius 2 is 1.36 bits per heavy atom. The minimum absolute atomic E-state index is 0.0207. The molecule has 0 aromatic rings. The van der Waals surface area contributed by atoms with Gasteiger partial charge in [0.25, 0.3) is 0 Å². The summed E-state index contributed by atoms with van der Waals surface area (Å²) in [6.07, 6.45) is 0. The normalized spacial score (nSPS) is 14.2. The Kier molecular flexibility index (Phi) is 3.79. The summed E-state index contributed by atoms with van der Waals surface area (Å²) in [6, 6.07) is 1.49. The minimum Gasteiger partial charge on any atom is -0.0735 e. The minimum atomic E-state index is -0.784. The molecule has 0 bridgehead atoms. The van der Waals surface area contributed by atoms with Crippen molar-refractivity contribution in [1.82, 2.24) is 0 Å². The van der Waals surface area contributed by atoms with Crippen LogP contribution in [-0.2, 0) is 0 Å². The van der Waals surface area contributed by atoms with Gasteiger partial charge in [0.1, 0.15) is 0 Å². The van der Waals surface area contributed by atoms with Crippen molar-refractivity contribution in [2.24, 2.45) is 0 Å². The zero-order valence-corrected chi connectivity index (χ0v) is 12.2. The molecule has 0 saturated heterocycles. The molecule has 0 aliphatic carbocycles. The van der Waals surface area contributed by atoms with Gasteiger partial charge in [0, 0.05) is 23.0 Å². The molecule has 0 rings (SSSR count). The SMILES string of the molecule is CC[Si](C)(C)[Si](C)(C)[Si](C)C. The van der Waals surface area contributed by atoms with Gasteiger partial charge in [0.05, 0.1) is 0 Å². The summed E-state index contributed by atoms with van der Waals surface area (Å²) in [5.74, 6) is 0. The Morgan fingerprint density at radius 1 is 1.00 bits per heavy atom. The smallest absolute Gasteiger partial charge is 0.0381 e. The van der Waals surface area contributed by atoms with Gasteiger partial charge in [-0.15, -0.1) is 0 Å². The van der Waals surface area contributed by atoms with Gasteiger partial charge in [0.15, 0.2) is 0 Å². The molecule has 3 heteroatoms. The molecule has 11 heavy (non-hydrogen) atoms. The predicted molar refractivity (Wildman–Crippen MR) is 62.9 cm³/mol. The molecule has 0 aliphatic heterocycles. The summed E-state index contributed by atoms with van der Waals surface area (Å²) in [6.45, 7) is 17.9. The number of rotatable bonds is 3. The van der Waals surface area contributed by atoms with E-state index in [0.717, 1.165) is 0 Å². The molecular weight excluding hydrogens is 180 g/mol. The van der Waals surface area contributed by atoms with Crippen molar-refractivity contribution in [3.63, 3.8) is 0 Å². The van der Waals surface area contributed by atoms with E-state index in [1.807, 2.05) is 0 Å². The summed E-state index contributed by atoms with van der Waals surface area (Å²) in [5, 5.41) is 0. The highest BCUT2D eigenvalue weighted by Gasteiger charge is 2.41. The average Bonchev–Trinajstić information content (AvgIpc) is 1.87. The lowest BCUT2D eigenvalue weighted by Gasteiger charge is -2.40. The summed E-state index contributed by atoms with van der Waals surface area (Å²) in [4.78, 5) is 0. The molecule has 0 unspecified atom stereocenters. The van der Waals surface area contributed by atoms with Crippen molar-refractivity contribution in [2.45, 2.75) is 52.2 Å². The van der Waals surface area contributed by atoms with Gasteiger partial charge >= 0.3 is 0 Å². The first-order valence-corrected chi connectivity index (χ1v) is 15.3. The standard InChI is InChI=1S/C8H23Si3/c1-8-10(4,5)11(6,7)9(2)3/h8H2,1-7H3. The zero-order chi connectivity index (χ0) is 9.28. The van der Waals surface area contributed by atoms with E-state index in [1.54, 1.807) is 0 Å². The van der Waals surface area contributed by atoms with Gasteiger partial charge in [-0.25, -0.2) is 0 Å². The Bertz CT molecular complexity index is 127. The number of hydrogen-bond acceptors (Lipinski definition) is 0. The Labute approximate surface area is 75.6 Å². The monoisotopic (exact) mass is 203 g/mol. The fourth-order valence-corrected chi connectivity index (χ4v) is 23.8. The van der Waals surface area contributed by atoms with Crippen molar-refractivity contribution < 1.29 is 0 Å². The molecule has 0 aromatic carbocycles. The first kappa shape index (κ1) is 11.7. The van der Waals surface area contributed by atoms with Crippen LogP contribution in [0.1, 0.15) is 6.92 Å². The molecule has 0 nitrogen and oxygen atoms in total. The third-order valence-corrected chi connectivity index (χ3v) is 40.8. The van der Waals surface area contributed by atoms with E-state index in [2.05, 4.69) is 46.2 Å². The molecule has 0 spiro atoms. The van der Waals surface area contributed by atoms with Crippen molar-refractivity contribution in [3.8, 4) is 0 Å². The zero-order valence-electron chi connectivity index (χ0n) is 9.21. The summed E-state index contributed by atoms with van der Waals surface area (Å²) in [7, 11) is -1.53. The van der Waals surface area contributed by atoms with Gasteiger partial charge in [-0.05, 0) is 0 Å². The van der Waals surface area contributed by atoms with Crippen LogP contribution in [0.2, 0.25) is 45.3 Å². The third kappa shape index (κ3) is 2.29. The van der Waals surface area contributed by atoms with E-state index in [4.69, 9.17) is 0 Å². The van der Waals surface area contributed by atoms with Gasteiger partial charge in [-0.2, -0.15) is 0 Å². The van der Waals surface area contributed by atoms with Crippen LogP contribution in [-0.4, -0.2) is 23.0 Å². The quantitative estimate of drug-likeness (QED) is 0.617. The van der Waals surface area contributed by atoms with Gasteiger partial charge in [-0.3, -0.25) is 0 Å². The molecule has 0 heterocycles. The van der Waals surface area contributed by atoms with Crippen LogP contribution >= 0.6 is 0 Å². The lowest BCUT2D eigenvalue weighted by atomic mass is 11.0. The van der Waals surface area contributed by atoms with Gasteiger partial charge < -0.3 is 0 Å². The number of hydrogen-bond donors (Lipinski definition) is 0. The Balaban J connectivity index is 4.53. The van der Waals surface area contributed by atoms with Crippen molar-refractivity contribution in [2.75, 3.05) is 0 Å². The highest BCUT2D eigenvalue weighted by molar-refractivity contribution is 7.63. The van der Waals surface area contributed by atoms with Crippen LogP contribution in [0.3, 0.4) is 0 Å². The van der Waals surface area contributed by atoms with Crippen LogP contribution in [0.4, 0.5) is 0 Å². The van der Waals surface area contributed by atoms with Crippen LogP contribution in [0.25, 0.3) is 0 Å². The molecule has 1 radical (unpaired) electrons. The second-order valence-corrected chi connectivity index (χ2v) is 30.6. The van der Waals surface area contributed by atoms with E-state index < -0.39 is 14.7 Å². The molecule has 0 aromatic heterocycles. The lowest BCUT2D eigenvalue weighted by Crippen LogP contribution is -2.62. The molecule has 0 N–H and O–H groups in total. The largest absolute Gasteiger partial charge is 0.0735 e. The fraction of sp³-hybridized carbons (Fsp3) is 1.00. The molecule has 0 atom stereocenters. The summed E-state index contributed by atoms with van der Waals surface area (Å²) in [5.41, 5.74) is 0. The maximum atomic E-state index is 2.62. The van der Waals surface area contributed by atoms with Crippen molar-refractivity contribution in [3.05, 3.63) is 0 Å². The molecule has 0 aliphatic rings. The Hall–Kier alpha value is 0.651. The van der Waals surface area contributed by atoms with Crippen LogP contribution in [0, 0.1) is 0 Å². The fourth-order valence-electron chi connectivity index (χ4n) is 1.12. The highest BCUT2D eigenvalue weighted by atomic mass is 29.6. The van der Waals surface area contributed by atoms with E-state index >= 15 is 0 Å². The summed E-state index contributed by atoms with van der Waals surface area (Å²) < 4.78 is 0. The molecular formula is C8H23Si3. The molecule has 0 amide bonds. The van der Waals surface area contributed by atoms with Gasteiger partial charge in [0.2, 0.25) is 0 Å². The van der Waals surface area contributed by atoms with Crippen LogP contribution in [0.15, 0.2) is 0 Å². The van der Waals surface area contributed by atoms with Crippen molar-refractivity contribution >= 4 is 23.0 Å². The van der Waals surface area contributed by atoms with Gasteiger partial charge in [-0.1, -0.05) is 52.2 Å². The second-order valence-electron chi connectivity index (χ2n) is 4.86. The lowest BCUT2D eigenvalue weighted by molar-refractivity contribution is 1.39. The van der Waals surface area contributed by atoms with Crippen molar-refractivity contribution in [1.29, 1.82) is 0 Å². The van der Waals surface area contributed by atoms with E-state index in [0.29, 0.717) is 0 Å². The molecule has 67 valence electrons. The van der Waals surface area contributed by atoms with Crippen LogP contribution in [0.5, 0.6) is 0 Å².